The van der Waals surface area contributed by atoms with Crippen LogP contribution in [0.15, 0.2) is 24.3 Å². The molecule has 0 aliphatic heterocycles. The topological polar surface area (TPSA) is 51.8 Å². The number of nitrogens with zero attached hydrogens (tertiary/aromatic N) is 2. The minimum absolute atomic E-state index is 0.0406. The molecule has 0 bridgehead atoms. The molecule has 1 atom stereocenters. The first kappa shape index (κ1) is 11.2. The second-order valence-corrected chi connectivity index (χ2v) is 4.79. The molecule has 0 radical (unpaired) electrons. The third-order valence-corrected chi connectivity index (χ3v) is 3.61. The summed E-state index contributed by atoms with van der Waals surface area (Å²) in [6.07, 6.45) is 1.06. The van der Waals surface area contributed by atoms with Crippen LogP contribution in [0.4, 0.5) is 0 Å². The van der Waals surface area contributed by atoms with E-state index in [1.54, 1.807) is 11.3 Å². The molecule has 0 aliphatic carbocycles. The van der Waals surface area contributed by atoms with Crippen LogP contribution in [-0.2, 0) is 6.42 Å². The fourth-order valence-corrected chi connectivity index (χ4v) is 2.22. The van der Waals surface area contributed by atoms with Gasteiger partial charge in [-0.15, -0.1) is 10.2 Å². The van der Waals surface area contributed by atoms with Crippen molar-refractivity contribution in [3.05, 3.63) is 34.8 Å². The maximum atomic E-state index is 5.76. The van der Waals surface area contributed by atoms with E-state index < -0.39 is 0 Å². The van der Waals surface area contributed by atoms with Gasteiger partial charge in [0.1, 0.15) is 10.0 Å². The van der Waals surface area contributed by atoms with E-state index in [9.17, 15) is 0 Å². The van der Waals surface area contributed by atoms with Gasteiger partial charge in [-0.1, -0.05) is 42.5 Å². The highest BCUT2D eigenvalue weighted by Gasteiger charge is 2.09. The Morgan fingerprint density at radius 1 is 1.25 bits per heavy atom. The minimum atomic E-state index is -0.0406. The Bertz CT molecular complexity index is 459. The fourth-order valence-electron chi connectivity index (χ4n) is 1.42. The summed E-state index contributed by atoms with van der Waals surface area (Å²) in [5.41, 5.74) is 8.21. The maximum Gasteiger partial charge on any atom is 0.147 e. The van der Waals surface area contributed by atoms with Crippen molar-refractivity contribution in [3.8, 4) is 10.6 Å². The SMILES string of the molecule is CCc1ccc(-c2nnc(C(C)N)s2)cc1. The Hall–Kier alpha value is -1.26. The maximum absolute atomic E-state index is 5.76. The molecule has 2 N–H and O–H groups in total. The molecule has 2 aromatic rings. The lowest BCUT2D eigenvalue weighted by atomic mass is 10.1. The van der Waals surface area contributed by atoms with Crippen LogP contribution in [0.5, 0.6) is 0 Å². The number of nitrogens with two attached hydrogens (primary N) is 1. The quantitative estimate of drug-likeness (QED) is 0.887. The van der Waals surface area contributed by atoms with Gasteiger partial charge in [0.15, 0.2) is 0 Å². The molecule has 1 heterocycles. The first-order valence-corrected chi connectivity index (χ1v) is 6.20. The van der Waals surface area contributed by atoms with Crippen molar-refractivity contribution in [2.45, 2.75) is 26.3 Å². The van der Waals surface area contributed by atoms with Crippen molar-refractivity contribution in [1.29, 1.82) is 0 Å². The van der Waals surface area contributed by atoms with Gasteiger partial charge in [0.25, 0.3) is 0 Å². The van der Waals surface area contributed by atoms with Crippen molar-refractivity contribution in [3.63, 3.8) is 0 Å². The van der Waals surface area contributed by atoms with Crippen LogP contribution in [0, 0.1) is 0 Å². The molecule has 0 fully saturated rings. The lowest BCUT2D eigenvalue weighted by Crippen LogP contribution is -2.03. The first-order valence-electron chi connectivity index (χ1n) is 5.39. The highest BCUT2D eigenvalue weighted by atomic mass is 32.1. The molecule has 84 valence electrons. The monoisotopic (exact) mass is 233 g/mol. The van der Waals surface area contributed by atoms with Crippen LogP contribution < -0.4 is 5.73 Å². The van der Waals surface area contributed by atoms with Crippen LogP contribution in [-0.4, -0.2) is 10.2 Å². The van der Waals surface area contributed by atoms with Gasteiger partial charge in [-0.3, -0.25) is 0 Å². The number of rotatable bonds is 3. The van der Waals surface area contributed by atoms with Crippen LogP contribution in [0.2, 0.25) is 0 Å². The summed E-state index contributed by atoms with van der Waals surface area (Å²) in [6.45, 7) is 4.07. The zero-order valence-corrected chi connectivity index (χ0v) is 10.3. The van der Waals surface area contributed by atoms with Gasteiger partial charge in [0.2, 0.25) is 0 Å². The van der Waals surface area contributed by atoms with Gasteiger partial charge < -0.3 is 5.73 Å². The molecule has 2 rings (SSSR count). The molecule has 0 spiro atoms. The van der Waals surface area contributed by atoms with Gasteiger partial charge in [-0.2, -0.15) is 0 Å². The van der Waals surface area contributed by atoms with Gasteiger partial charge in [0, 0.05) is 5.56 Å². The molecule has 0 aliphatic rings. The minimum Gasteiger partial charge on any atom is -0.322 e. The summed E-state index contributed by atoms with van der Waals surface area (Å²) in [4.78, 5) is 0. The lowest BCUT2D eigenvalue weighted by molar-refractivity contribution is 0.786. The van der Waals surface area contributed by atoms with Gasteiger partial charge in [-0.25, -0.2) is 0 Å². The van der Waals surface area contributed by atoms with E-state index in [1.807, 2.05) is 6.92 Å². The third kappa shape index (κ3) is 2.28. The molecule has 4 heteroatoms. The lowest BCUT2D eigenvalue weighted by Gasteiger charge is -1.98. The first-order chi connectivity index (χ1) is 7.70. The molecule has 0 saturated heterocycles. The molecule has 16 heavy (non-hydrogen) atoms. The number of hydrogen-bond donors (Lipinski definition) is 1. The number of aryl methyl sites for hydroxylation is 1. The van der Waals surface area contributed by atoms with E-state index in [-0.39, 0.29) is 6.04 Å². The Morgan fingerprint density at radius 3 is 2.44 bits per heavy atom. The third-order valence-electron chi connectivity index (χ3n) is 2.44. The summed E-state index contributed by atoms with van der Waals surface area (Å²) >= 11 is 1.56. The highest BCUT2D eigenvalue weighted by molar-refractivity contribution is 7.14. The van der Waals surface area contributed by atoms with E-state index in [0.29, 0.717) is 0 Å². The summed E-state index contributed by atoms with van der Waals surface area (Å²) in [5.74, 6) is 0. The van der Waals surface area contributed by atoms with Crippen molar-refractivity contribution in [2.75, 3.05) is 0 Å². The average molecular weight is 233 g/mol. The molecular weight excluding hydrogens is 218 g/mol. The predicted molar refractivity (Wildman–Crippen MR) is 67.3 cm³/mol. The zero-order valence-electron chi connectivity index (χ0n) is 9.47. The van der Waals surface area contributed by atoms with E-state index in [1.165, 1.54) is 5.56 Å². The van der Waals surface area contributed by atoms with Gasteiger partial charge in [0.05, 0.1) is 6.04 Å². The van der Waals surface area contributed by atoms with E-state index in [2.05, 4.69) is 41.4 Å². The second-order valence-electron chi connectivity index (χ2n) is 3.78. The number of benzene rings is 1. The van der Waals surface area contributed by atoms with Crippen molar-refractivity contribution in [1.82, 2.24) is 10.2 Å². The smallest absolute Gasteiger partial charge is 0.147 e. The van der Waals surface area contributed by atoms with Crippen molar-refractivity contribution < 1.29 is 0 Å². The fraction of sp³-hybridized carbons (Fsp3) is 0.333. The summed E-state index contributed by atoms with van der Waals surface area (Å²) in [5, 5.41) is 10.1. The number of hydrogen-bond acceptors (Lipinski definition) is 4. The summed E-state index contributed by atoms with van der Waals surface area (Å²) in [7, 11) is 0. The van der Waals surface area contributed by atoms with Crippen LogP contribution >= 0.6 is 11.3 Å². The van der Waals surface area contributed by atoms with E-state index >= 15 is 0 Å². The summed E-state index contributed by atoms with van der Waals surface area (Å²) < 4.78 is 0. The molecule has 3 nitrogen and oxygen atoms in total. The Morgan fingerprint density at radius 2 is 1.94 bits per heavy atom. The van der Waals surface area contributed by atoms with Crippen LogP contribution in [0.1, 0.15) is 30.5 Å². The molecule has 0 amide bonds. The van der Waals surface area contributed by atoms with Gasteiger partial charge >= 0.3 is 0 Å². The largest absolute Gasteiger partial charge is 0.322 e. The highest BCUT2D eigenvalue weighted by Crippen LogP contribution is 2.26. The van der Waals surface area contributed by atoms with Crippen molar-refractivity contribution >= 4 is 11.3 Å². The molecule has 1 aromatic carbocycles. The van der Waals surface area contributed by atoms with E-state index in [4.69, 9.17) is 5.73 Å². The van der Waals surface area contributed by atoms with Crippen LogP contribution in [0.25, 0.3) is 10.6 Å². The average Bonchev–Trinajstić information content (AvgIpc) is 2.78. The summed E-state index contributed by atoms with van der Waals surface area (Å²) in [6, 6.07) is 8.39. The Balaban J connectivity index is 2.28. The van der Waals surface area contributed by atoms with Crippen molar-refractivity contribution in [2.24, 2.45) is 5.73 Å². The predicted octanol–water partition coefficient (Wildman–Crippen LogP) is 2.79. The number of aromatic nitrogens is 2. The molecular formula is C12H15N3S. The van der Waals surface area contributed by atoms with E-state index in [0.717, 1.165) is 22.0 Å². The molecule has 0 saturated carbocycles. The molecule has 1 aromatic heterocycles. The normalized spacial score (nSPS) is 12.7. The Labute approximate surface area is 99.3 Å². The standard InChI is InChI=1S/C12H15N3S/c1-3-9-4-6-10(7-5-9)12-15-14-11(16-12)8(2)13/h4-8H,3,13H2,1-2H3. The second kappa shape index (κ2) is 4.72. The molecule has 1 unspecified atom stereocenters. The zero-order chi connectivity index (χ0) is 11.5. The van der Waals surface area contributed by atoms with Gasteiger partial charge in [-0.05, 0) is 18.9 Å². The Kier molecular flexibility index (Phi) is 3.31. The van der Waals surface area contributed by atoms with Crippen LogP contribution in [0.3, 0.4) is 0 Å².